The summed E-state index contributed by atoms with van der Waals surface area (Å²) < 4.78 is 2.16. The Hall–Kier alpha value is -1.70. The predicted octanol–water partition coefficient (Wildman–Crippen LogP) is 3.87. The minimum Gasteiger partial charge on any atom is -0.225 e. The monoisotopic (exact) mass is 243 g/mol. The Bertz CT molecular complexity index is 391. The lowest BCUT2D eigenvalue weighted by Gasteiger charge is -2.06. The molecular weight excluding hydrogens is 220 g/mol. The van der Waals surface area contributed by atoms with Crippen LogP contribution in [0.5, 0.6) is 0 Å². The average Bonchev–Trinajstić information content (AvgIpc) is 2.43. The smallest absolute Gasteiger partial charge is 0.225 e. The number of aliphatic imine (C=N–C) groups is 1. The normalized spacial score (nSPS) is 13.9. The molecule has 1 aromatic heterocycles. The third-order valence-electron chi connectivity index (χ3n) is 2.66. The Labute approximate surface area is 110 Å². The van der Waals surface area contributed by atoms with Gasteiger partial charge in [-0.1, -0.05) is 37.6 Å². The largest absolute Gasteiger partial charge is 0.250 e. The summed E-state index contributed by atoms with van der Waals surface area (Å²) in [6.07, 6.45) is 17.7. The first kappa shape index (κ1) is 14.4. The second kappa shape index (κ2) is 9.34. The maximum Gasteiger partial charge on any atom is 0.250 e. The molecule has 0 spiro atoms. The number of rotatable bonds is 7. The zero-order valence-corrected chi connectivity index (χ0v) is 11.4. The van der Waals surface area contributed by atoms with Crippen LogP contribution in [0, 0.1) is 0 Å². The highest BCUT2D eigenvalue weighted by atomic mass is 15.1. The van der Waals surface area contributed by atoms with Gasteiger partial charge in [-0.3, -0.25) is 0 Å². The van der Waals surface area contributed by atoms with E-state index < -0.39 is 0 Å². The lowest BCUT2D eigenvalue weighted by molar-refractivity contribution is -0.722. The van der Waals surface area contributed by atoms with Gasteiger partial charge >= 0.3 is 0 Å². The third kappa shape index (κ3) is 5.58. The van der Waals surface area contributed by atoms with E-state index >= 15 is 0 Å². The molecule has 18 heavy (non-hydrogen) atoms. The molecule has 0 bridgehead atoms. The Balaban J connectivity index is 2.67. The van der Waals surface area contributed by atoms with Crippen LogP contribution in [-0.4, -0.2) is 6.21 Å². The molecule has 1 heterocycles. The first-order valence-electron chi connectivity index (χ1n) is 6.65. The zero-order chi connectivity index (χ0) is 13.1. The molecule has 1 aromatic rings. The first-order valence-corrected chi connectivity index (χ1v) is 6.65. The first-order chi connectivity index (χ1) is 8.88. The summed E-state index contributed by atoms with van der Waals surface area (Å²) in [6.45, 7) is 4.22. The van der Waals surface area contributed by atoms with Crippen LogP contribution >= 0.6 is 0 Å². The van der Waals surface area contributed by atoms with Crippen LogP contribution in [0.1, 0.15) is 39.3 Å². The van der Waals surface area contributed by atoms with E-state index in [2.05, 4.69) is 28.9 Å². The van der Waals surface area contributed by atoms with Crippen LogP contribution in [0.25, 0.3) is 0 Å². The third-order valence-corrected chi connectivity index (χ3v) is 2.66. The van der Waals surface area contributed by atoms with Crippen molar-refractivity contribution in [1.29, 1.82) is 0 Å². The van der Waals surface area contributed by atoms with E-state index in [4.69, 9.17) is 0 Å². The van der Waals surface area contributed by atoms with Gasteiger partial charge in [0.1, 0.15) is 0 Å². The van der Waals surface area contributed by atoms with Crippen molar-refractivity contribution < 1.29 is 4.57 Å². The topological polar surface area (TPSA) is 16.2 Å². The number of hydrogen-bond acceptors (Lipinski definition) is 1. The van der Waals surface area contributed by atoms with Crippen molar-refractivity contribution in [1.82, 2.24) is 0 Å². The molecule has 0 saturated carbocycles. The van der Waals surface area contributed by atoms with Gasteiger partial charge in [-0.25, -0.2) is 4.99 Å². The van der Waals surface area contributed by atoms with E-state index in [9.17, 15) is 0 Å². The van der Waals surface area contributed by atoms with Crippen LogP contribution in [0.4, 0.5) is 0 Å². The Morgan fingerprint density at radius 2 is 1.89 bits per heavy atom. The van der Waals surface area contributed by atoms with E-state index in [1.165, 1.54) is 12.8 Å². The highest BCUT2D eigenvalue weighted by molar-refractivity contribution is 5.71. The molecule has 1 atom stereocenters. The van der Waals surface area contributed by atoms with Crippen molar-refractivity contribution in [3.8, 4) is 0 Å². The van der Waals surface area contributed by atoms with Gasteiger partial charge in [-0.15, -0.1) is 0 Å². The summed E-state index contributed by atoms with van der Waals surface area (Å²) in [5, 5.41) is 0. The molecule has 0 aliphatic rings. The summed E-state index contributed by atoms with van der Waals surface area (Å²) in [6, 6.07) is 6.12. The minimum absolute atomic E-state index is 0.210. The molecule has 0 aromatic carbocycles. The fourth-order valence-corrected chi connectivity index (χ4v) is 1.67. The van der Waals surface area contributed by atoms with E-state index in [-0.39, 0.29) is 6.17 Å². The fourth-order valence-electron chi connectivity index (χ4n) is 1.67. The Morgan fingerprint density at radius 3 is 2.56 bits per heavy atom. The van der Waals surface area contributed by atoms with Crippen molar-refractivity contribution in [2.45, 2.75) is 39.3 Å². The second-order valence-corrected chi connectivity index (χ2v) is 4.15. The summed E-state index contributed by atoms with van der Waals surface area (Å²) in [5.41, 5.74) is 0. The molecule has 1 unspecified atom stereocenters. The SMILES string of the molecule is C/C=C\C=C/C=NC(CCCC)[n+]1ccccc1. The van der Waals surface area contributed by atoms with Gasteiger partial charge in [-0.2, -0.15) is 4.57 Å². The van der Waals surface area contributed by atoms with E-state index in [0.29, 0.717) is 0 Å². The van der Waals surface area contributed by atoms with E-state index in [0.717, 1.165) is 6.42 Å². The van der Waals surface area contributed by atoms with Gasteiger partial charge in [0.25, 0.3) is 6.17 Å². The Kier molecular flexibility index (Phi) is 7.45. The maximum atomic E-state index is 4.62. The molecule has 0 aliphatic carbocycles. The molecule has 1 rings (SSSR count). The molecule has 0 aliphatic heterocycles. The molecule has 2 heteroatoms. The quantitative estimate of drug-likeness (QED) is 0.393. The van der Waals surface area contributed by atoms with Crippen molar-refractivity contribution in [2.75, 3.05) is 0 Å². The number of allylic oxidation sites excluding steroid dienone is 4. The van der Waals surface area contributed by atoms with Gasteiger partial charge < -0.3 is 0 Å². The molecule has 96 valence electrons. The summed E-state index contributed by atoms with van der Waals surface area (Å²) in [7, 11) is 0. The second-order valence-electron chi connectivity index (χ2n) is 4.15. The molecule has 0 fully saturated rings. The van der Waals surface area contributed by atoms with E-state index in [1.807, 2.05) is 55.6 Å². The lowest BCUT2D eigenvalue weighted by Crippen LogP contribution is -2.37. The standard InChI is InChI=1S/C16H23N2/c1-3-5-7-9-13-17-16(12-6-4-2)18-14-10-8-11-15-18/h3,5,7-11,13-16H,4,6,12H2,1-2H3/q+1/b5-3-,9-7-,17-13?. The molecule has 0 amide bonds. The minimum atomic E-state index is 0.210. The van der Waals surface area contributed by atoms with Crippen molar-refractivity contribution >= 4 is 6.21 Å². The number of hydrogen-bond donors (Lipinski definition) is 0. The van der Waals surface area contributed by atoms with Crippen LogP contribution in [0.2, 0.25) is 0 Å². The van der Waals surface area contributed by atoms with Crippen LogP contribution in [-0.2, 0) is 0 Å². The molecule has 0 N–H and O–H groups in total. The number of aromatic nitrogens is 1. The van der Waals surface area contributed by atoms with E-state index in [1.54, 1.807) is 0 Å². The molecule has 0 saturated heterocycles. The summed E-state index contributed by atoms with van der Waals surface area (Å²) in [4.78, 5) is 4.62. The van der Waals surface area contributed by atoms with Crippen molar-refractivity contribution in [2.24, 2.45) is 4.99 Å². The highest BCUT2D eigenvalue weighted by Crippen LogP contribution is 2.09. The lowest BCUT2D eigenvalue weighted by atomic mass is 10.2. The zero-order valence-electron chi connectivity index (χ0n) is 11.4. The number of unbranched alkanes of at least 4 members (excludes halogenated alkanes) is 1. The highest BCUT2D eigenvalue weighted by Gasteiger charge is 2.13. The molecule has 0 radical (unpaired) electrons. The number of pyridine rings is 1. The van der Waals surface area contributed by atoms with Gasteiger partial charge in [0.05, 0.1) is 0 Å². The summed E-state index contributed by atoms with van der Waals surface area (Å²) >= 11 is 0. The summed E-state index contributed by atoms with van der Waals surface area (Å²) in [5.74, 6) is 0. The van der Waals surface area contributed by atoms with Gasteiger partial charge in [-0.05, 0) is 19.4 Å². The van der Waals surface area contributed by atoms with Gasteiger partial charge in [0.2, 0.25) is 0 Å². The predicted molar refractivity (Wildman–Crippen MR) is 77.6 cm³/mol. The van der Waals surface area contributed by atoms with Gasteiger partial charge in [0, 0.05) is 24.8 Å². The Morgan fingerprint density at radius 1 is 1.11 bits per heavy atom. The van der Waals surface area contributed by atoms with Gasteiger partial charge in [0.15, 0.2) is 12.4 Å². The van der Waals surface area contributed by atoms with Crippen molar-refractivity contribution in [3.05, 3.63) is 54.9 Å². The van der Waals surface area contributed by atoms with Crippen molar-refractivity contribution in [3.63, 3.8) is 0 Å². The number of nitrogens with zero attached hydrogens (tertiary/aromatic N) is 2. The average molecular weight is 243 g/mol. The molecule has 2 nitrogen and oxygen atoms in total. The fraction of sp³-hybridized carbons (Fsp3) is 0.375. The van der Waals surface area contributed by atoms with Crippen LogP contribution < -0.4 is 4.57 Å². The van der Waals surface area contributed by atoms with Crippen LogP contribution in [0.15, 0.2) is 59.9 Å². The van der Waals surface area contributed by atoms with Crippen LogP contribution in [0.3, 0.4) is 0 Å². The maximum absolute atomic E-state index is 4.62. The molecular formula is C16H23N2+.